The summed E-state index contributed by atoms with van der Waals surface area (Å²) in [5.41, 5.74) is -0.320. The minimum Gasteiger partial charge on any atom is -0.395 e. The topological polar surface area (TPSA) is 40.5 Å². The first kappa shape index (κ1) is 12.6. The summed E-state index contributed by atoms with van der Waals surface area (Å²) in [5, 5.41) is 8.83. The number of aliphatic hydroxyl groups excluding tert-OH is 1. The van der Waals surface area contributed by atoms with Gasteiger partial charge in [0.15, 0.2) is 0 Å². The smallest absolute Gasteiger partial charge is 0.126 e. The van der Waals surface area contributed by atoms with Gasteiger partial charge in [0.1, 0.15) is 6.29 Å². The zero-order valence-corrected chi connectivity index (χ0v) is 9.08. The van der Waals surface area contributed by atoms with E-state index in [9.17, 15) is 4.79 Å². The Hall–Kier alpha value is -0.410. The third-order valence-electron chi connectivity index (χ3n) is 2.05. The monoisotopic (exact) mass is 187 g/mol. The number of aldehydes is 1. The molecule has 0 aliphatic heterocycles. The maximum Gasteiger partial charge on any atom is 0.126 e. The molecule has 1 N–H and O–H groups in total. The van der Waals surface area contributed by atoms with Crippen molar-refractivity contribution in [1.29, 1.82) is 0 Å². The lowest BCUT2D eigenvalue weighted by Crippen LogP contribution is -2.41. The molecule has 0 radical (unpaired) electrons. The predicted octanol–water partition coefficient (Wildman–Crippen LogP) is 0.914. The number of carbonyl (C=O) groups excluding carboxylic acids is 1. The van der Waals surface area contributed by atoms with E-state index in [1.807, 2.05) is 13.8 Å². The van der Waals surface area contributed by atoms with Gasteiger partial charge in [0.25, 0.3) is 0 Å². The fourth-order valence-corrected chi connectivity index (χ4v) is 1.21. The van der Waals surface area contributed by atoms with Gasteiger partial charge in [-0.05, 0) is 13.8 Å². The quantitative estimate of drug-likeness (QED) is 0.628. The molecule has 0 atom stereocenters. The minimum atomic E-state index is -0.320. The van der Waals surface area contributed by atoms with Crippen LogP contribution in [-0.4, -0.2) is 42.0 Å². The second kappa shape index (κ2) is 5.35. The van der Waals surface area contributed by atoms with E-state index < -0.39 is 0 Å². The highest BCUT2D eigenvalue weighted by atomic mass is 16.3. The molecular formula is C10H21NO2. The fourth-order valence-electron chi connectivity index (χ4n) is 1.21. The van der Waals surface area contributed by atoms with Crippen LogP contribution in [0, 0.1) is 5.41 Å². The zero-order valence-electron chi connectivity index (χ0n) is 9.08. The van der Waals surface area contributed by atoms with Crippen LogP contribution in [0.25, 0.3) is 0 Å². The van der Waals surface area contributed by atoms with Gasteiger partial charge in [0.2, 0.25) is 0 Å². The van der Waals surface area contributed by atoms with E-state index in [0.29, 0.717) is 19.1 Å². The molecule has 3 nitrogen and oxygen atoms in total. The van der Waals surface area contributed by atoms with E-state index in [1.54, 1.807) is 0 Å². The van der Waals surface area contributed by atoms with E-state index in [1.165, 1.54) is 0 Å². The molecule has 0 aromatic carbocycles. The number of hydrogen-bond acceptors (Lipinski definition) is 3. The van der Waals surface area contributed by atoms with Crippen molar-refractivity contribution in [3.63, 3.8) is 0 Å². The largest absolute Gasteiger partial charge is 0.395 e. The summed E-state index contributed by atoms with van der Waals surface area (Å²) < 4.78 is 0. The van der Waals surface area contributed by atoms with Gasteiger partial charge in [0.05, 0.1) is 6.61 Å². The molecule has 0 aromatic heterocycles. The molecule has 3 heteroatoms. The first-order valence-corrected chi connectivity index (χ1v) is 4.74. The third-order valence-corrected chi connectivity index (χ3v) is 2.05. The number of carbonyl (C=O) groups is 1. The SMILES string of the molecule is CC(C)N(CCO)CC(C)(C)C=O. The molecule has 0 spiro atoms. The molecular weight excluding hydrogens is 166 g/mol. The number of nitrogens with zero attached hydrogens (tertiary/aromatic N) is 1. The Labute approximate surface area is 80.7 Å². The Kier molecular flexibility index (Phi) is 5.18. The Morgan fingerprint density at radius 3 is 2.31 bits per heavy atom. The maximum atomic E-state index is 10.7. The van der Waals surface area contributed by atoms with Gasteiger partial charge in [-0.25, -0.2) is 0 Å². The molecule has 0 aliphatic carbocycles. The average molecular weight is 187 g/mol. The highest BCUT2D eigenvalue weighted by Crippen LogP contribution is 2.14. The van der Waals surface area contributed by atoms with Gasteiger partial charge in [-0.15, -0.1) is 0 Å². The van der Waals surface area contributed by atoms with Crippen LogP contribution < -0.4 is 0 Å². The van der Waals surface area contributed by atoms with Crippen LogP contribution in [0.3, 0.4) is 0 Å². The van der Waals surface area contributed by atoms with Crippen LogP contribution in [0.15, 0.2) is 0 Å². The Bertz CT molecular complexity index is 155. The minimum absolute atomic E-state index is 0.146. The molecule has 13 heavy (non-hydrogen) atoms. The highest BCUT2D eigenvalue weighted by molar-refractivity contribution is 5.58. The van der Waals surface area contributed by atoms with E-state index >= 15 is 0 Å². The Balaban J connectivity index is 4.16. The average Bonchev–Trinajstić information content (AvgIpc) is 2.03. The Morgan fingerprint density at radius 1 is 1.46 bits per heavy atom. The van der Waals surface area contributed by atoms with Crippen LogP contribution in [-0.2, 0) is 4.79 Å². The van der Waals surface area contributed by atoms with Gasteiger partial charge in [-0.1, -0.05) is 13.8 Å². The van der Waals surface area contributed by atoms with Crippen molar-refractivity contribution in [3.8, 4) is 0 Å². The summed E-state index contributed by atoms with van der Waals surface area (Å²) in [5.74, 6) is 0. The summed E-state index contributed by atoms with van der Waals surface area (Å²) in [6, 6.07) is 0.367. The highest BCUT2D eigenvalue weighted by Gasteiger charge is 2.22. The molecule has 0 rings (SSSR count). The lowest BCUT2D eigenvalue weighted by atomic mass is 9.94. The number of aliphatic hydroxyl groups is 1. The van der Waals surface area contributed by atoms with Crippen molar-refractivity contribution in [1.82, 2.24) is 4.90 Å². The van der Waals surface area contributed by atoms with Gasteiger partial charge in [-0.2, -0.15) is 0 Å². The summed E-state index contributed by atoms with van der Waals surface area (Å²) in [7, 11) is 0. The standard InChI is InChI=1S/C10H21NO2/c1-9(2)11(5-6-12)7-10(3,4)8-13/h8-9,12H,5-7H2,1-4H3. The Morgan fingerprint density at radius 2 is 2.00 bits per heavy atom. The third kappa shape index (κ3) is 5.01. The van der Waals surface area contributed by atoms with Crippen LogP contribution in [0.2, 0.25) is 0 Å². The lowest BCUT2D eigenvalue weighted by molar-refractivity contribution is -0.115. The van der Waals surface area contributed by atoms with Gasteiger partial charge < -0.3 is 9.90 Å². The molecule has 0 bridgehead atoms. The van der Waals surface area contributed by atoms with Gasteiger partial charge in [0, 0.05) is 24.5 Å². The molecule has 0 amide bonds. The van der Waals surface area contributed by atoms with E-state index in [2.05, 4.69) is 18.7 Å². The molecule has 0 saturated carbocycles. The number of rotatable bonds is 6. The van der Waals surface area contributed by atoms with E-state index in [-0.39, 0.29) is 12.0 Å². The lowest BCUT2D eigenvalue weighted by Gasteiger charge is -2.31. The molecule has 0 aliphatic rings. The fraction of sp³-hybridized carbons (Fsp3) is 0.900. The summed E-state index contributed by atoms with van der Waals surface area (Å²) in [6.45, 7) is 9.43. The normalized spacial score (nSPS) is 12.5. The van der Waals surface area contributed by atoms with E-state index in [4.69, 9.17) is 5.11 Å². The molecule has 0 saturated heterocycles. The van der Waals surface area contributed by atoms with Crippen molar-refractivity contribution < 1.29 is 9.90 Å². The van der Waals surface area contributed by atoms with E-state index in [0.717, 1.165) is 6.29 Å². The number of hydrogen-bond donors (Lipinski definition) is 1. The maximum absolute atomic E-state index is 10.7. The van der Waals surface area contributed by atoms with Crippen molar-refractivity contribution in [2.24, 2.45) is 5.41 Å². The van der Waals surface area contributed by atoms with Crippen LogP contribution >= 0.6 is 0 Å². The van der Waals surface area contributed by atoms with Gasteiger partial charge in [-0.3, -0.25) is 4.90 Å². The van der Waals surface area contributed by atoms with Crippen molar-refractivity contribution in [3.05, 3.63) is 0 Å². The van der Waals surface area contributed by atoms with Gasteiger partial charge >= 0.3 is 0 Å². The first-order chi connectivity index (χ1) is 5.93. The molecule has 0 unspecified atom stereocenters. The molecule has 0 aromatic rings. The van der Waals surface area contributed by atoms with Crippen molar-refractivity contribution in [2.45, 2.75) is 33.7 Å². The molecule has 0 fully saturated rings. The van der Waals surface area contributed by atoms with Crippen LogP contribution in [0.4, 0.5) is 0 Å². The summed E-state index contributed by atoms with van der Waals surface area (Å²) in [6.07, 6.45) is 0.972. The first-order valence-electron chi connectivity index (χ1n) is 4.74. The second-order valence-corrected chi connectivity index (χ2v) is 4.39. The van der Waals surface area contributed by atoms with Crippen LogP contribution in [0.1, 0.15) is 27.7 Å². The second-order valence-electron chi connectivity index (χ2n) is 4.39. The summed E-state index contributed by atoms with van der Waals surface area (Å²) in [4.78, 5) is 12.8. The van der Waals surface area contributed by atoms with Crippen molar-refractivity contribution in [2.75, 3.05) is 19.7 Å². The molecule has 78 valence electrons. The van der Waals surface area contributed by atoms with Crippen molar-refractivity contribution >= 4 is 6.29 Å². The zero-order chi connectivity index (χ0) is 10.5. The summed E-state index contributed by atoms with van der Waals surface area (Å²) >= 11 is 0. The molecule has 0 heterocycles. The van der Waals surface area contributed by atoms with Crippen LogP contribution in [0.5, 0.6) is 0 Å². The predicted molar refractivity (Wildman–Crippen MR) is 53.6 cm³/mol.